The molecule has 1 unspecified atom stereocenters. The third kappa shape index (κ3) is 5.74. The summed E-state index contributed by atoms with van der Waals surface area (Å²) in [7, 11) is 0. The van der Waals surface area contributed by atoms with E-state index in [9.17, 15) is 4.79 Å². The number of amides is 1. The minimum absolute atomic E-state index is 0.0798. The Morgan fingerprint density at radius 1 is 1.25 bits per heavy atom. The largest absolute Gasteiger partial charge is 0.355 e. The highest BCUT2D eigenvalue weighted by Gasteiger charge is 2.23. The second kappa shape index (κ2) is 8.05. The molecule has 0 fully saturated rings. The summed E-state index contributed by atoms with van der Waals surface area (Å²) in [5.41, 5.74) is 1.44. The van der Waals surface area contributed by atoms with E-state index in [4.69, 9.17) is 0 Å². The Labute approximate surface area is 123 Å². The molecule has 0 aliphatic heterocycles. The Morgan fingerprint density at radius 2 is 1.90 bits per heavy atom. The van der Waals surface area contributed by atoms with Crippen LogP contribution >= 0.6 is 0 Å². The first-order chi connectivity index (χ1) is 9.45. The monoisotopic (exact) mass is 276 g/mol. The first kappa shape index (κ1) is 16.7. The van der Waals surface area contributed by atoms with Gasteiger partial charge in [-0.1, -0.05) is 51.1 Å². The molecule has 0 heterocycles. The molecular weight excluding hydrogens is 248 g/mol. The second-order valence-corrected chi connectivity index (χ2v) is 6.09. The number of carbonyl (C=O) groups is 1. The van der Waals surface area contributed by atoms with E-state index < -0.39 is 0 Å². The molecule has 3 nitrogen and oxygen atoms in total. The summed E-state index contributed by atoms with van der Waals surface area (Å²) in [6.45, 7) is 9.84. The molecule has 0 spiro atoms. The first-order valence-electron chi connectivity index (χ1n) is 7.51. The molecule has 0 radical (unpaired) electrons. The summed E-state index contributed by atoms with van der Waals surface area (Å²) in [6.07, 6.45) is 1.97. The van der Waals surface area contributed by atoms with Crippen LogP contribution in [0.1, 0.15) is 46.1 Å². The molecule has 1 amide bonds. The fraction of sp³-hybridized carbons (Fsp3) is 0.588. The van der Waals surface area contributed by atoms with E-state index in [1.165, 1.54) is 5.56 Å². The Morgan fingerprint density at radius 3 is 2.50 bits per heavy atom. The van der Waals surface area contributed by atoms with Gasteiger partial charge in [0.2, 0.25) is 5.91 Å². The van der Waals surface area contributed by atoms with Crippen LogP contribution in [0.5, 0.6) is 0 Å². The molecule has 1 aromatic rings. The van der Waals surface area contributed by atoms with E-state index in [0.717, 1.165) is 19.4 Å². The number of carbonyl (C=O) groups excluding carboxylic acids is 1. The van der Waals surface area contributed by atoms with Gasteiger partial charge >= 0.3 is 0 Å². The van der Waals surface area contributed by atoms with Crippen LogP contribution < -0.4 is 10.6 Å². The third-order valence-corrected chi connectivity index (χ3v) is 3.56. The summed E-state index contributed by atoms with van der Waals surface area (Å²) < 4.78 is 0. The van der Waals surface area contributed by atoms with E-state index in [1.54, 1.807) is 0 Å². The van der Waals surface area contributed by atoms with Crippen molar-refractivity contribution >= 4 is 5.91 Å². The van der Waals surface area contributed by atoms with Crippen LogP contribution in [0.4, 0.5) is 0 Å². The van der Waals surface area contributed by atoms with Crippen LogP contribution in [-0.2, 0) is 10.2 Å². The number of rotatable bonds is 8. The van der Waals surface area contributed by atoms with E-state index in [1.807, 2.05) is 6.07 Å². The van der Waals surface area contributed by atoms with Crippen LogP contribution in [0.2, 0.25) is 0 Å². The molecule has 112 valence electrons. The zero-order valence-electron chi connectivity index (χ0n) is 13.2. The molecule has 0 aromatic heterocycles. The Kier molecular flexibility index (Phi) is 6.73. The van der Waals surface area contributed by atoms with Gasteiger partial charge in [-0.2, -0.15) is 0 Å². The van der Waals surface area contributed by atoms with Crippen LogP contribution in [0.25, 0.3) is 0 Å². The molecular formula is C17H28N2O. The van der Waals surface area contributed by atoms with Gasteiger partial charge in [-0.15, -0.1) is 0 Å². The van der Waals surface area contributed by atoms with Crippen LogP contribution in [0.15, 0.2) is 30.3 Å². The zero-order chi connectivity index (χ0) is 15.0. The summed E-state index contributed by atoms with van der Waals surface area (Å²) in [4.78, 5) is 11.6. The van der Waals surface area contributed by atoms with E-state index in [-0.39, 0.29) is 11.3 Å². The van der Waals surface area contributed by atoms with Gasteiger partial charge in [-0.25, -0.2) is 0 Å². The normalized spacial score (nSPS) is 13.0. The van der Waals surface area contributed by atoms with Crippen molar-refractivity contribution in [2.24, 2.45) is 0 Å². The number of nitrogens with one attached hydrogen (secondary N) is 2. The van der Waals surface area contributed by atoms with Gasteiger partial charge in [0.25, 0.3) is 0 Å². The lowest BCUT2D eigenvalue weighted by Crippen LogP contribution is -2.40. The molecule has 0 saturated heterocycles. The maximum atomic E-state index is 11.6. The van der Waals surface area contributed by atoms with Crippen LogP contribution in [-0.4, -0.2) is 25.0 Å². The molecule has 2 N–H and O–H groups in total. The summed E-state index contributed by atoms with van der Waals surface area (Å²) >= 11 is 0. The highest BCUT2D eigenvalue weighted by molar-refractivity contribution is 5.77. The highest BCUT2D eigenvalue weighted by atomic mass is 16.1. The SMILES string of the molecule is CCCNC(=O)CNC(C)CC(C)(C)c1ccccc1. The van der Waals surface area contributed by atoms with Gasteiger partial charge < -0.3 is 10.6 Å². The topological polar surface area (TPSA) is 41.1 Å². The fourth-order valence-electron chi connectivity index (χ4n) is 2.44. The maximum absolute atomic E-state index is 11.6. The zero-order valence-corrected chi connectivity index (χ0v) is 13.2. The predicted octanol–water partition coefficient (Wildman–Crippen LogP) is 2.86. The van der Waals surface area contributed by atoms with E-state index in [0.29, 0.717) is 12.6 Å². The van der Waals surface area contributed by atoms with Gasteiger partial charge in [-0.3, -0.25) is 4.79 Å². The van der Waals surface area contributed by atoms with Crippen molar-refractivity contribution in [3.8, 4) is 0 Å². The summed E-state index contributed by atoms with van der Waals surface area (Å²) in [5.74, 6) is 0.0798. The van der Waals surface area contributed by atoms with Crippen molar-refractivity contribution in [3.63, 3.8) is 0 Å². The van der Waals surface area contributed by atoms with Crippen LogP contribution in [0.3, 0.4) is 0 Å². The molecule has 0 aliphatic rings. The standard InChI is InChI=1S/C17H28N2O/c1-5-11-18-16(20)13-19-14(2)12-17(3,4)15-9-7-6-8-10-15/h6-10,14,19H,5,11-13H2,1-4H3,(H,18,20). The average molecular weight is 276 g/mol. The minimum atomic E-state index is 0.0798. The molecule has 0 aliphatic carbocycles. The maximum Gasteiger partial charge on any atom is 0.233 e. The average Bonchev–Trinajstić information content (AvgIpc) is 2.43. The predicted molar refractivity (Wildman–Crippen MR) is 84.9 cm³/mol. The van der Waals surface area contributed by atoms with Gasteiger partial charge in [0.15, 0.2) is 0 Å². The van der Waals surface area contributed by atoms with Crippen molar-refractivity contribution in [1.82, 2.24) is 10.6 Å². The second-order valence-electron chi connectivity index (χ2n) is 6.09. The fourth-order valence-corrected chi connectivity index (χ4v) is 2.44. The van der Waals surface area contributed by atoms with Crippen molar-refractivity contribution in [2.75, 3.05) is 13.1 Å². The van der Waals surface area contributed by atoms with E-state index in [2.05, 4.69) is 62.6 Å². The van der Waals surface area contributed by atoms with Crippen LogP contribution in [0, 0.1) is 0 Å². The van der Waals surface area contributed by atoms with Crippen molar-refractivity contribution < 1.29 is 4.79 Å². The quantitative estimate of drug-likeness (QED) is 0.766. The Bertz CT molecular complexity index is 401. The molecule has 3 heteroatoms. The van der Waals surface area contributed by atoms with Gasteiger partial charge in [0.05, 0.1) is 6.54 Å². The molecule has 0 saturated carbocycles. The lowest BCUT2D eigenvalue weighted by Gasteiger charge is -2.29. The van der Waals surface area contributed by atoms with E-state index >= 15 is 0 Å². The molecule has 0 bridgehead atoms. The number of hydrogen-bond acceptors (Lipinski definition) is 2. The van der Waals surface area contributed by atoms with Crippen molar-refractivity contribution in [3.05, 3.63) is 35.9 Å². The first-order valence-corrected chi connectivity index (χ1v) is 7.51. The van der Waals surface area contributed by atoms with Crippen molar-refractivity contribution in [2.45, 2.75) is 52.0 Å². The Hall–Kier alpha value is -1.35. The molecule has 1 aromatic carbocycles. The van der Waals surface area contributed by atoms with Crippen molar-refractivity contribution in [1.29, 1.82) is 0 Å². The van der Waals surface area contributed by atoms with Gasteiger partial charge in [-0.05, 0) is 30.7 Å². The van der Waals surface area contributed by atoms with Gasteiger partial charge in [0.1, 0.15) is 0 Å². The molecule has 1 rings (SSSR count). The number of hydrogen-bond donors (Lipinski definition) is 2. The Balaban J connectivity index is 2.41. The summed E-state index contributed by atoms with van der Waals surface area (Å²) in [6, 6.07) is 10.8. The number of benzene rings is 1. The lowest BCUT2D eigenvalue weighted by molar-refractivity contribution is -0.120. The molecule has 20 heavy (non-hydrogen) atoms. The highest BCUT2D eigenvalue weighted by Crippen LogP contribution is 2.27. The smallest absolute Gasteiger partial charge is 0.233 e. The third-order valence-electron chi connectivity index (χ3n) is 3.56. The summed E-state index contributed by atoms with van der Waals surface area (Å²) in [5, 5.41) is 6.19. The lowest BCUT2D eigenvalue weighted by atomic mass is 9.79. The minimum Gasteiger partial charge on any atom is -0.355 e. The van der Waals surface area contributed by atoms with Gasteiger partial charge in [0, 0.05) is 12.6 Å². The molecule has 1 atom stereocenters.